The Morgan fingerprint density at radius 3 is 0.441 bits per heavy atom. The minimum absolute atomic E-state index is 0.00285. The molecular weight excluding hydrogens is 1010 g/mol. The van der Waals surface area contributed by atoms with E-state index in [9.17, 15) is 40.9 Å². The first kappa shape index (κ1) is 57.9. The molecule has 0 aromatic carbocycles. The normalized spacial score (nSPS) is 35.2. The van der Waals surface area contributed by atoms with Gasteiger partial charge >= 0.3 is 68.5 Å². The van der Waals surface area contributed by atoms with Gasteiger partial charge in [-0.25, -0.2) is 0 Å². The van der Waals surface area contributed by atoms with E-state index in [0.717, 1.165) is 0 Å². The Morgan fingerprint density at radius 2 is 0.338 bits per heavy atom. The number of allylic oxidation sites excluding steroid dienone is 8. The van der Waals surface area contributed by atoms with E-state index in [0.29, 0.717) is 103 Å². The van der Waals surface area contributed by atoms with Crippen molar-refractivity contribution in [3.8, 4) is 0 Å². The van der Waals surface area contributed by atoms with Gasteiger partial charge in [-0.05, 0) is 148 Å². The zero-order valence-corrected chi connectivity index (χ0v) is 47.9. The van der Waals surface area contributed by atoms with E-state index < -0.39 is 68.5 Å². The van der Waals surface area contributed by atoms with E-state index >= 15 is 0 Å². The summed E-state index contributed by atoms with van der Waals surface area (Å²) in [6, 6.07) is 0. The Labute approximate surface area is 412 Å². The maximum Gasteiger partial charge on any atom is 0.349 e. The van der Waals surface area contributed by atoms with Gasteiger partial charge in [-0.15, -0.1) is 0 Å². The van der Waals surface area contributed by atoms with Crippen LogP contribution < -0.4 is 0 Å². The van der Waals surface area contributed by atoms with Gasteiger partial charge in [-0.1, -0.05) is 48.6 Å². The third-order valence-corrected chi connectivity index (χ3v) is 55.8. The summed E-state index contributed by atoms with van der Waals surface area (Å²) in [5, 5.41) is 79.5. The van der Waals surface area contributed by atoms with Crippen LogP contribution in [0.15, 0.2) is 94.2 Å². The Morgan fingerprint density at radius 1 is 0.221 bits per heavy atom. The van der Waals surface area contributed by atoms with Crippen molar-refractivity contribution in [2.45, 2.75) is 125 Å². The van der Waals surface area contributed by atoms with Crippen LogP contribution in [0.1, 0.15) is 103 Å². The van der Waals surface area contributed by atoms with Crippen molar-refractivity contribution in [3.05, 3.63) is 94.2 Å². The van der Waals surface area contributed by atoms with E-state index in [1.807, 2.05) is 48.6 Å². The summed E-state index contributed by atoms with van der Waals surface area (Å²) in [6.07, 6.45) is 24.9. The average Bonchev–Trinajstić information content (AvgIpc) is 3.28. The minimum Gasteiger partial charge on any atom is -0.409 e. The third kappa shape index (κ3) is 16.5. The molecule has 8 atom stereocenters. The first-order valence-corrected chi connectivity index (χ1v) is 41.7. The van der Waals surface area contributed by atoms with Crippen LogP contribution in [0.25, 0.3) is 0 Å². The Hall–Kier alpha value is -0.985. The molecule has 0 spiro atoms. The molecule has 24 heteroatoms. The summed E-state index contributed by atoms with van der Waals surface area (Å²) in [6.45, 7) is 0.0228. The lowest BCUT2D eigenvalue weighted by Gasteiger charge is -2.63. The molecule has 0 aromatic heterocycles. The van der Waals surface area contributed by atoms with Crippen molar-refractivity contribution >= 4 is 68.5 Å². The van der Waals surface area contributed by atoms with E-state index in [-0.39, 0.29) is 75.5 Å². The molecule has 6 saturated heterocycles. The van der Waals surface area contributed by atoms with E-state index in [2.05, 4.69) is 45.6 Å². The van der Waals surface area contributed by atoms with Gasteiger partial charge in [0.25, 0.3) is 0 Å². The summed E-state index contributed by atoms with van der Waals surface area (Å²) >= 11 is 0. The van der Waals surface area contributed by atoms with Gasteiger partial charge in [0.2, 0.25) is 0 Å². The highest BCUT2D eigenvalue weighted by Crippen LogP contribution is 2.55. The summed E-state index contributed by atoms with van der Waals surface area (Å²) in [5.74, 6) is 0. The lowest BCUT2D eigenvalue weighted by molar-refractivity contribution is 0.191. The monoisotopic (exact) mass is 1090 g/mol. The fourth-order valence-corrected chi connectivity index (χ4v) is 70.6. The van der Waals surface area contributed by atoms with Gasteiger partial charge in [0.15, 0.2) is 0 Å². The molecule has 6 heterocycles. The highest BCUT2D eigenvalue weighted by Gasteiger charge is 2.77. The summed E-state index contributed by atoms with van der Waals surface area (Å²) in [4.78, 5) is 0. The van der Waals surface area contributed by atoms with Gasteiger partial charge in [0.05, 0.1) is 0 Å². The van der Waals surface area contributed by atoms with Crippen LogP contribution in [0, 0.1) is 0 Å². The molecule has 6 fully saturated rings. The number of aliphatic hydroxyl groups excluding tert-OH is 8. The predicted octanol–water partition coefficient (Wildman–Crippen LogP) is 4.82. The molecule has 6 rings (SSSR count). The second-order valence-electron chi connectivity index (χ2n) is 18.2. The molecule has 8 N–H and O–H groups in total. The van der Waals surface area contributed by atoms with E-state index in [4.69, 9.17) is 32.9 Å². The van der Waals surface area contributed by atoms with Gasteiger partial charge < -0.3 is 73.8 Å². The Bertz CT molecular complexity index is 1320. The molecular formula is C44H80O16Si8. The molecule has 0 radical (unpaired) electrons. The number of aliphatic hydroxyl groups is 8. The molecule has 16 nitrogen and oxygen atoms in total. The molecule has 8 unspecified atom stereocenters. The van der Waals surface area contributed by atoms with Crippen LogP contribution in [0.2, 0.25) is 22.7 Å². The maximum atomic E-state index is 9.93. The standard InChI is InChI=1S/C44H80O16Si8/c45-25-9-1-17-33-61-41-62(34-18-2-10-26-46)54-65(37-21-5-13-29-49)42-63(53-61,35-19-3-11-27-47)59-66(38-22-6-14-30-50)43-64(57-61,36-20-4-12-28-48)55-67(58-62,39-23-7-15-31-51)44-68(56-66,60-65)40-24-8-16-32-52/h17-24,33-40,45-52H,1-16,25-32,41-44H2/b33-17-,34-18-,35-19-,36-20+,37-21+,38-22-,39-23-,40-24-. The second-order valence-corrected chi connectivity index (χ2v) is 46.0. The van der Waals surface area contributed by atoms with Crippen molar-refractivity contribution < 1.29 is 73.8 Å². The van der Waals surface area contributed by atoms with Gasteiger partial charge in [0, 0.05) is 75.5 Å². The second kappa shape index (κ2) is 28.5. The van der Waals surface area contributed by atoms with Crippen LogP contribution in [-0.2, 0) is 32.9 Å². The summed E-state index contributed by atoms with van der Waals surface area (Å²) < 4.78 is 64.2. The topological polar surface area (TPSA) is 236 Å². The average molecular weight is 1090 g/mol. The first-order chi connectivity index (χ1) is 33.0. The number of rotatable bonds is 32. The molecule has 0 saturated carbocycles. The molecule has 8 bridgehead atoms. The Balaban J connectivity index is 1.99. The summed E-state index contributed by atoms with van der Waals surface area (Å²) in [5.41, 5.74) is 17.6. The zero-order chi connectivity index (χ0) is 48.8. The molecule has 0 aromatic rings. The molecule has 384 valence electrons. The van der Waals surface area contributed by atoms with Crippen molar-refractivity contribution in [1.29, 1.82) is 0 Å². The third-order valence-electron chi connectivity index (χ3n) is 11.9. The maximum absolute atomic E-state index is 9.93. The van der Waals surface area contributed by atoms with Gasteiger partial charge in [-0.2, -0.15) is 0 Å². The van der Waals surface area contributed by atoms with Gasteiger partial charge in [-0.3, -0.25) is 0 Å². The van der Waals surface area contributed by atoms with Crippen molar-refractivity contribution in [3.63, 3.8) is 0 Å². The Kier molecular flexibility index (Phi) is 24.2. The van der Waals surface area contributed by atoms with Crippen LogP contribution in [0.5, 0.6) is 0 Å². The lowest BCUT2D eigenvalue weighted by atomic mass is 10.3. The molecule has 0 amide bonds. The summed E-state index contributed by atoms with van der Waals surface area (Å²) in [7, 11) is -30.6. The smallest absolute Gasteiger partial charge is 0.349 e. The predicted molar refractivity (Wildman–Crippen MR) is 278 cm³/mol. The molecule has 6 aliphatic heterocycles. The largest absolute Gasteiger partial charge is 0.409 e. The van der Waals surface area contributed by atoms with Gasteiger partial charge in [0.1, 0.15) is 0 Å². The fourth-order valence-electron chi connectivity index (χ4n) is 9.25. The van der Waals surface area contributed by atoms with Crippen LogP contribution >= 0.6 is 0 Å². The van der Waals surface area contributed by atoms with E-state index in [1.165, 1.54) is 0 Å². The molecule has 0 aliphatic carbocycles. The van der Waals surface area contributed by atoms with Crippen LogP contribution in [-0.4, -0.2) is 162 Å². The van der Waals surface area contributed by atoms with Crippen LogP contribution in [0.3, 0.4) is 0 Å². The zero-order valence-electron chi connectivity index (χ0n) is 39.9. The SMILES string of the molecule is OCCC/C=C\[Si]12C[Si]3(/C=C/CCCO)O[Si]4(/C=C\CCCO)C[Si]5(/C=C\CCCO)O[Si](/C=C\CCCO)(C[Si](/C=C\CCCO)(O1)O[Si](/C=C/CCCO)(C[Si](/C=C\CCCO)(O2)O4)O5)O3. The van der Waals surface area contributed by atoms with Crippen molar-refractivity contribution in [1.82, 2.24) is 0 Å². The highest BCUT2D eigenvalue weighted by atomic mass is 28.6. The minimum atomic E-state index is -3.83. The van der Waals surface area contributed by atoms with Crippen molar-refractivity contribution in [2.24, 2.45) is 0 Å². The van der Waals surface area contributed by atoms with E-state index in [1.54, 1.807) is 0 Å². The quantitative estimate of drug-likeness (QED) is 0.0333. The first-order valence-electron chi connectivity index (χ1n) is 24.9. The number of unbranched alkanes of at least 4 members (excludes halogenated alkanes) is 8. The molecule has 6 aliphatic rings. The lowest BCUT2D eigenvalue weighted by Crippen LogP contribution is -2.84. The molecule has 68 heavy (non-hydrogen) atoms. The number of hydrogen-bond donors (Lipinski definition) is 8. The van der Waals surface area contributed by atoms with Crippen molar-refractivity contribution in [2.75, 3.05) is 52.9 Å². The highest BCUT2D eigenvalue weighted by molar-refractivity contribution is 7.17. The van der Waals surface area contributed by atoms with Crippen LogP contribution in [0.4, 0.5) is 0 Å². The fraction of sp³-hybridized carbons (Fsp3) is 0.636. The number of hydrogen-bond acceptors (Lipinski definition) is 16.